The molecule has 1 aromatic rings. The molecule has 1 heterocycles. The van der Waals surface area contributed by atoms with Gasteiger partial charge in [0.1, 0.15) is 5.75 Å². The summed E-state index contributed by atoms with van der Waals surface area (Å²) in [6, 6.07) is 7.91. The van der Waals surface area contributed by atoms with Crippen molar-refractivity contribution in [2.75, 3.05) is 6.54 Å². The van der Waals surface area contributed by atoms with E-state index >= 15 is 0 Å². The second-order valence-electron chi connectivity index (χ2n) is 6.03. The van der Waals surface area contributed by atoms with E-state index in [4.69, 9.17) is 10.5 Å². The van der Waals surface area contributed by atoms with Crippen molar-refractivity contribution in [2.24, 2.45) is 5.73 Å². The number of nitrogens with zero attached hydrogens (tertiary/aromatic N) is 1. The molecule has 124 valence electrons. The summed E-state index contributed by atoms with van der Waals surface area (Å²) in [7, 11) is 0. The van der Waals surface area contributed by atoms with Crippen LogP contribution in [-0.2, 0) is 4.79 Å². The van der Waals surface area contributed by atoms with Gasteiger partial charge in [0.15, 0.2) is 6.10 Å². The van der Waals surface area contributed by atoms with Gasteiger partial charge >= 0.3 is 0 Å². The largest absolute Gasteiger partial charge is 0.481 e. The van der Waals surface area contributed by atoms with Crippen LogP contribution in [0.5, 0.6) is 5.75 Å². The number of rotatable bonds is 4. The average Bonchev–Trinajstić information content (AvgIpc) is 2.48. The Morgan fingerprint density at radius 2 is 1.91 bits per heavy atom. The Morgan fingerprint density at radius 3 is 2.50 bits per heavy atom. The minimum absolute atomic E-state index is 0. The normalized spacial score (nSPS) is 20.7. The SMILES string of the molecule is Cc1ccc(OC(C)C(=O)N2CCCCC2C(C)N)cc1.Cl. The van der Waals surface area contributed by atoms with Gasteiger partial charge in [-0.1, -0.05) is 17.7 Å². The predicted molar refractivity (Wildman–Crippen MR) is 91.5 cm³/mol. The number of likely N-dealkylation sites (tertiary alicyclic amines) is 1. The highest BCUT2D eigenvalue weighted by Crippen LogP contribution is 2.21. The van der Waals surface area contributed by atoms with Gasteiger partial charge in [-0.15, -0.1) is 12.4 Å². The number of nitrogens with two attached hydrogens (primary N) is 1. The topological polar surface area (TPSA) is 55.6 Å². The number of hydrogen-bond acceptors (Lipinski definition) is 3. The minimum Gasteiger partial charge on any atom is -0.481 e. The maximum atomic E-state index is 12.6. The molecule has 0 bridgehead atoms. The van der Waals surface area contributed by atoms with E-state index in [2.05, 4.69) is 0 Å². The summed E-state index contributed by atoms with van der Waals surface area (Å²) in [6.45, 7) is 6.60. The molecule has 1 aliphatic rings. The first-order valence-electron chi connectivity index (χ1n) is 7.78. The summed E-state index contributed by atoms with van der Waals surface area (Å²) in [5.74, 6) is 0.772. The van der Waals surface area contributed by atoms with Gasteiger partial charge < -0.3 is 15.4 Å². The third-order valence-electron chi connectivity index (χ3n) is 4.12. The average molecular weight is 327 g/mol. The Morgan fingerprint density at radius 1 is 1.27 bits per heavy atom. The number of ether oxygens (including phenoxy) is 1. The van der Waals surface area contributed by atoms with Crippen LogP contribution in [0.25, 0.3) is 0 Å². The molecule has 1 amide bonds. The standard InChI is InChI=1S/C17H26N2O2.ClH/c1-12-7-9-15(10-8-12)21-14(3)17(20)19-11-5-4-6-16(19)13(2)18;/h7-10,13-14,16H,4-6,11,18H2,1-3H3;1H. The summed E-state index contributed by atoms with van der Waals surface area (Å²) in [6.07, 6.45) is 2.70. The van der Waals surface area contributed by atoms with E-state index in [9.17, 15) is 4.79 Å². The third-order valence-corrected chi connectivity index (χ3v) is 4.12. The fraction of sp³-hybridized carbons (Fsp3) is 0.588. The summed E-state index contributed by atoms with van der Waals surface area (Å²) in [5.41, 5.74) is 7.21. The lowest BCUT2D eigenvalue weighted by atomic mass is 9.96. The van der Waals surface area contributed by atoms with Crippen molar-refractivity contribution in [3.63, 3.8) is 0 Å². The van der Waals surface area contributed by atoms with Crippen LogP contribution in [0, 0.1) is 6.92 Å². The van der Waals surface area contributed by atoms with Crippen LogP contribution in [-0.4, -0.2) is 35.5 Å². The monoisotopic (exact) mass is 326 g/mol. The molecule has 1 saturated heterocycles. The lowest BCUT2D eigenvalue weighted by Crippen LogP contribution is -2.54. The molecule has 1 fully saturated rings. The van der Waals surface area contributed by atoms with Crippen molar-refractivity contribution in [3.05, 3.63) is 29.8 Å². The van der Waals surface area contributed by atoms with E-state index in [0.717, 1.165) is 31.6 Å². The van der Waals surface area contributed by atoms with E-state index in [1.807, 2.05) is 49.9 Å². The molecule has 0 aromatic heterocycles. The van der Waals surface area contributed by atoms with E-state index in [0.29, 0.717) is 0 Å². The van der Waals surface area contributed by atoms with Crippen molar-refractivity contribution < 1.29 is 9.53 Å². The molecule has 5 heteroatoms. The zero-order chi connectivity index (χ0) is 15.4. The van der Waals surface area contributed by atoms with Crippen LogP contribution in [0.3, 0.4) is 0 Å². The molecular formula is C17H27ClN2O2. The number of benzene rings is 1. The number of carbonyl (C=O) groups is 1. The Bertz CT molecular complexity index is 476. The third kappa shape index (κ3) is 4.62. The summed E-state index contributed by atoms with van der Waals surface area (Å²) in [5, 5.41) is 0. The van der Waals surface area contributed by atoms with Crippen molar-refractivity contribution in [2.45, 2.75) is 58.2 Å². The van der Waals surface area contributed by atoms with Gasteiger partial charge in [-0.2, -0.15) is 0 Å². The molecule has 22 heavy (non-hydrogen) atoms. The molecule has 0 radical (unpaired) electrons. The first-order valence-corrected chi connectivity index (χ1v) is 7.78. The Labute approximate surface area is 139 Å². The molecule has 1 aliphatic heterocycles. The van der Waals surface area contributed by atoms with Crippen LogP contribution in [0.4, 0.5) is 0 Å². The van der Waals surface area contributed by atoms with E-state index in [1.54, 1.807) is 0 Å². The highest BCUT2D eigenvalue weighted by atomic mass is 35.5. The van der Waals surface area contributed by atoms with Gasteiger partial charge in [-0.3, -0.25) is 4.79 Å². The fourth-order valence-corrected chi connectivity index (χ4v) is 2.88. The van der Waals surface area contributed by atoms with Crippen LogP contribution in [0.2, 0.25) is 0 Å². The zero-order valence-electron chi connectivity index (χ0n) is 13.6. The van der Waals surface area contributed by atoms with Gasteiger partial charge in [-0.25, -0.2) is 0 Å². The molecule has 2 rings (SSSR count). The van der Waals surface area contributed by atoms with E-state index in [1.165, 1.54) is 5.56 Å². The molecule has 3 atom stereocenters. The zero-order valence-corrected chi connectivity index (χ0v) is 14.4. The Balaban J connectivity index is 0.00000242. The van der Waals surface area contributed by atoms with Crippen LogP contribution >= 0.6 is 12.4 Å². The number of piperidine rings is 1. The first-order chi connectivity index (χ1) is 9.99. The summed E-state index contributed by atoms with van der Waals surface area (Å²) >= 11 is 0. The molecule has 1 aromatic carbocycles. The highest BCUT2D eigenvalue weighted by Gasteiger charge is 2.32. The lowest BCUT2D eigenvalue weighted by molar-refractivity contribution is -0.142. The van der Waals surface area contributed by atoms with Crippen molar-refractivity contribution >= 4 is 18.3 Å². The van der Waals surface area contributed by atoms with Crippen molar-refractivity contribution in [1.82, 2.24) is 4.90 Å². The molecule has 3 unspecified atom stereocenters. The van der Waals surface area contributed by atoms with Crippen LogP contribution in [0.1, 0.15) is 38.7 Å². The molecule has 0 saturated carbocycles. The van der Waals surface area contributed by atoms with Crippen molar-refractivity contribution in [1.29, 1.82) is 0 Å². The van der Waals surface area contributed by atoms with Gasteiger partial charge in [0.2, 0.25) is 0 Å². The molecule has 4 nitrogen and oxygen atoms in total. The van der Waals surface area contributed by atoms with Crippen LogP contribution in [0.15, 0.2) is 24.3 Å². The van der Waals surface area contributed by atoms with Gasteiger partial charge in [0.05, 0.1) is 0 Å². The lowest BCUT2D eigenvalue weighted by Gasteiger charge is -2.39. The molecule has 0 aliphatic carbocycles. The maximum absolute atomic E-state index is 12.6. The Kier molecular flexibility index (Phi) is 7.17. The van der Waals surface area contributed by atoms with Crippen LogP contribution < -0.4 is 10.5 Å². The fourth-order valence-electron chi connectivity index (χ4n) is 2.88. The summed E-state index contributed by atoms with van der Waals surface area (Å²) in [4.78, 5) is 14.5. The van der Waals surface area contributed by atoms with E-state index < -0.39 is 6.10 Å². The van der Waals surface area contributed by atoms with Crippen molar-refractivity contribution in [3.8, 4) is 5.75 Å². The minimum atomic E-state index is -0.480. The number of hydrogen-bond donors (Lipinski definition) is 1. The summed E-state index contributed by atoms with van der Waals surface area (Å²) < 4.78 is 5.78. The number of carbonyl (C=O) groups excluding carboxylic acids is 1. The quantitative estimate of drug-likeness (QED) is 0.925. The van der Waals surface area contributed by atoms with Gasteiger partial charge in [0, 0.05) is 18.6 Å². The highest BCUT2D eigenvalue weighted by molar-refractivity contribution is 5.85. The number of amides is 1. The molecule has 2 N–H and O–H groups in total. The number of halogens is 1. The van der Waals surface area contributed by atoms with Gasteiger partial charge in [0.25, 0.3) is 5.91 Å². The Hall–Kier alpha value is -1.26. The molecule has 0 spiro atoms. The predicted octanol–water partition coefficient (Wildman–Crippen LogP) is 2.91. The van der Waals surface area contributed by atoms with Gasteiger partial charge in [-0.05, 0) is 52.2 Å². The second kappa shape index (κ2) is 8.39. The number of aryl methyl sites for hydroxylation is 1. The molecular weight excluding hydrogens is 300 g/mol. The smallest absolute Gasteiger partial charge is 0.263 e. The van der Waals surface area contributed by atoms with E-state index in [-0.39, 0.29) is 30.4 Å². The first kappa shape index (κ1) is 18.8. The second-order valence-corrected chi connectivity index (χ2v) is 6.03. The maximum Gasteiger partial charge on any atom is 0.263 e.